The molecular formula is C19H23NO7. The third kappa shape index (κ3) is 3.70. The summed E-state index contributed by atoms with van der Waals surface area (Å²) < 4.78 is 4.89. The van der Waals surface area contributed by atoms with Crippen LogP contribution in [-0.2, 0) is 19.1 Å². The van der Waals surface area contributed by atoms with Crippen LogP contribution in [0.1, 0.15) is 43.7 Å². The van der Waals surface area contributed by atoms with Gasteiger partial charge in [-0.2, -0.15) is 0 Å². The maximum atomic E-state index is 12.5. The fourth-order valence-electron chi connectivity index (χ4n) is 4.22. The minimum Gasteiger partial charge on any atom is -0.480 e. The zero-order valence-corrected chi connectivity index (χ0v) is 15.5. The quantitative estimate of drug-likeness (QED) is 0.335. The number of benzene rings is 1. The summed E-state index contributed by atoms with van der Waals surface area (Å²) in [5.74, 6) is -4.77. The molecule has 0 aromatic heterocycles. The smallest absolute Gasteiger partial charge is 0.318 e. The highest BCUT2D eigenvalue weighted by atomic mass is 16.6. The van der Waals surface area contributed by atoms with Gasteiger partial charge in [0.1, 0.15) is 11.2 Å². The molecule has 0 heterocycles. The predicted molar refractivity (Wildman–Crippen MR) is 94.8 cm³/mol. The minimum atomic E-state index is -1.96. The van der Waals surface area contributed by atoms with Crippen LogP contribution >= 0.6 is 0 Å². The van der Waals surface area contributed by atoms with Gasteiger partial charge in [-0.3, -0.25) is 24.5 Å². The van der Waals surface area contributed by atoms with Gasteiger partial charge in [0.15, 0.2) is 0 Å². The van der Waals surface area contributed by atoms with E-state index in [-0.39, 0.29) is 19.4 Å². The van der Waals surface area contributed by atoms with E-state index in [1.807, 2.05) is 0 Å². The van der Waals surface area contributed by atoms with Crippen molar-refractivity contribution in [1.82, 2.24) is 0 Å². The summed E-state index contributed by atoms with van der Waals surface area (Å²) in [4.78, 5) is 48.0. The van der Waals surface area contributed by atoms with E-state index >= 15 is 0 Å². The molecule has 1 N–H and O–H groups in total. The highest BCUT2D eigenvalue weighted by Gasteiger charge is 2.66. The lowest BCUT2D eigenvalue weighted by atomic mass is 9.70. The first kappa shape index (κ1) is 20.5. The standard InChI is InChI=1S/C19H23NO7/c1-4-27-15(22)9-14-10-19(12(3)21,18(23)24)16(17(14)20(25)26)13-7-5-6-11(2)8-13/h5-8,14,16-17H,4,9-10H2,1-3H3,(H,23,24). The van der Waals surface area contributed by atoms with Crippen LogP contribution in [0, 0.1) is 28.4 Å². The van der Waals surface area contributed by atoms with Crippen molar-refractivity contribution in [3.8, 4) is 0 Å². The van der Waals surface area contributed by atoms with E-state index in [1.165, 1.54) is 0 Å². The first-order valence-corrected chi connectivity index (χ1v) is 8.75. The second-order valence-corrected chi connectivity index (χ2v) is 6.97. The Labute approximate surface area is 156 Å². The molecule has 1 aromatic rings. The van der Waals surface area contributed by atoms with Crippen molar-refractivity contribution in [2.45, 2.75) is 45.6 Å². The maximum absolute atomic E-state index is 12.5. The Morgan fingerprint density at radius 2 is 2.04 bits per heavy atom. The van der Waals surface area contributed by atoms with Gasteiger partial charge in [-0.05, 0) is 32.8 Å². The fraction of sp³-hybridized carbons (Fsp3) is 0.526. The molecule has 1 aromatic carbocycles. The minimum absolute atomic E-state index is 0.118. The molecule has 1 saturated carbocycles. The number of nitro groups is 1. The summed E-state index contributed by atoms with van der Waals surface area (Å²) in [6, 6.07) is 5.34. The monoisotopic (exact) mass is 377 g/mol. The van der Waals surface area contributed by atoms with Crippen LogP contribution in [0.3, 0.4) is 0 Å². The average molecular weight is 377 g/mol. The molecule has 4 atom stereocenters. The number of hydrogen-bond acceptors (Lipinski definition) is 6. The Kier molecular flexibility index (Phi) is 5.98. The SMILES string of the molecule is CCOC(=O)CC1CC(C(C)=O)(C(=O)O)C(c2cccc(C)c2)C1[N+](=O)[O-]. The van der Waals surface area contributed by atoms with E-state index < -0.39 is 45.9 Å². The molecule has 27 heavy (non-hydrogen) atoms. The van der Waals surface area contributed by atoms with Crippen molar-refractivity contribution in [3.05, 3.63) is 45.5 Å². The van der Waals surface area contributed by atoms with Crippen LogP contribution in [-0.4, -0.2) is 40.4 Å². The third-order valence-electron chi connectivity index (χ3n) is 5.33. The van der Waals surface area contributed by atoms with Gasteiger partial charge in [-0.1, -0.05) is 29.8 Å². The van der Waals surface area contributed by atoms with E-state index in [9.17, 15) is 29.6 Å². The van der Waals surface area contributed by atoms with Crippen molar-refractivity contribution >= 4 is 17.7 Å². The number of carbonyl (C=O) groups is 3. The van der Waals surface area contributed by atoms with E-state index in [2.05, 4.69) is 0 Å². The fourth-order valence-corrected chi connectivity index (χ4v) is 4.22. The molecule has 0 amide bonds. The largest absolute Gasteiger partial charge is 0.480 e. The van der Waals surface area contributed by atoms with E-state index in [1.54, 1.807) is 38.1 Å². The molecule has 1 aliphatic carbocycles. The van der Waals surface area contributed by atoms with Crippen LogP contribution in [0.15, 0.2) is 24.3 Å². The Hall–Kier alpha value is -2.77. The highest BCUT2D eigenvalue weighted by molar-refractivity contribution is 6.03. The first-order chi connectivity index (χ1) is 12.6. The Morgan fingerprint density at radius 3 is 2.52 bits per heavy atom. The number of rotatable bonds is 7. The second kappa shape index (κ2) is 7.85. The summed E-state index contributed by atoms with van der Waals surface area (Å²) in [7, 11) is 0. The Morgan fingerprint density at radius 1 is 1.37 bits per heavy atom. The Bertz CT molecular complexity index is 759. The first-order valence-electron chi connectivity index (χ1n) is 8.75. The summed E-state index contributed by atoms with van der Waals surface area (Å²) in [6.45, 7) is 4.66. The molecular weight excluding hydrogens is 354 g/mol. The number of carbonyl (C=O) groups excluding carboxylic acids is 2. The van der Waals surface area contributed by atoms with Crippen molar-refractivity contribution in [2.75, 3.05) is 6.61 Å². The highest BCUT2D eigenvalue weighted by Crippen LogP contribution is 2.55. The molecule has 0 aliphatic heterocycles. The van der Waals surface area contributed by atoms with Crippen molar-refractivity contribution in [3.63, 3.8) is 0 Å². The van der Waals surface area contributed by atoms with E-state index in [0.29, 0.717) is 5.56 Å². The number of carboxylic acid groups (broad SMARTS) is 1. The zero-order chi connectivity index (χ0) is 20.4. The van der Waals surface area contributed by atoms with Crippen LogP contribution in [0.2, 0.25) is 0 Å². The third-order valence-corrected chi connectivity index (χ3v) is 5.33. The van der Waals surface area contributed by atoms with Gasteiger partial charge < -0.3 is 9.84 Å². The van der Waals surface area contributed by atoms with Gasteiger partial charge in [-0.25, -0.2) is 0 Å². The van der Waals surface area contributed by atoms with Crippen LogP contribution in [0.5, 0.6) is 0 Å². The van der Waals surface area contributed by atoms with Gasteiger partial charge in [0.05, 0.1) is 18.9 Å². The zero-order valence-electron chi connectivity index (χ0n) is 15.5. The number of ether oxygens (including phenoxy) is 1. The molecule has 8 nitrogen and oxygen atoms in total. The van der Waals surface area contributed by atoms with Gasteiger partial charge in [0.25, 0.3) is 0 Å². The maximum Gasteiger partial charge on any atom is 0.318 e. The van der Waals surface area contributed by atoms with Crippen molar-refractivity contribution < 1.29 is 29.2 Å². The Balaban J connectivity index is 2.63. The number of esters is 1. The molecule has 8 heteroatoms. The lowest BCUT2D eigenvalue weighted by molar-refractivity contribution is -0.532. The molecule has 1 fully saturated rings. The average Bonchev–Trinajstić information content (AvgIpc) is 2.91. The summed E-state index contributed by atoms with van der Waals surface area (Å²) in [6.07, 6.45) is -0.579. The molecule has 0 radical (unpaired) electrons. The molecule has 1 aliphatic rings. The topological polar surface area (TPSA) is 124 Å². The lowest BCUT2D eigenvalue weighted by Crippen LogP contribution is -2.43. The number of aliphatic carboxylic acids is 1. The van der Waals surface area contributed by atoms with Gasteiger partial charge >= 0.3 is 11.9 Å². The molecule has 0 spiro atoms. The number of carboxylic acids is 1. The number of aryl methyl sites for hydroxylation is 1. The molecule has 0 bridgehead atoms. The molecule has 4 unspecified atom stereocenters. The summed E-state index contributed by atoms with van der Waals surface area (Å²) in [5.41, 5.74) is -0.741. The van der Waals surface area contributed by atoms with Crippen LogP contribution in [0.25, 0.3) is 0 Å². The lowest BCUT2D eigenvalue weighted by Gasteiger charge is -2.29. The van der Waals surface area contributed by atoms with Gasteiger partial charge in [0.2, 0.25) is 6.04 Å². The van der Waals surface area contributed by atoms with Gasteiger partial charge in [0, 0.05) is 10.8 Å². The van der Waals surface area contributed by atoms with Crippen molar-refractivity contribution in [2.24, 2.45) is 11.3 Å². The molecule has 146 valence electrons. The second-order valence-electron chi connectivity index (χ2n) is 6.97. The summed E-state index contributed by atoms with van der Waals surface area (Å²) >= 11 is 0. The van der Waals surface area contributed by atoms with E-state index in [4.69, 9.17) is 4.74 Å². The number of hydrogen-bond donors (Lipinski definition) is 1. The van der Waals surface area contributed by atoms with Crippen LogP contribution in [0.4, 0.5) is 0 Å². The van der Waals surface area contributed by atoms with Crippen molar-refractivity contribution in [1.29, 1.82) is 0 Å². The van der Waals surface area contributed by atoms with Gasteiger partial charge in [-0.15, -0.1) is 0 Å². The normalized spacial score (nSPS) is 27.1. The molecule has 0 saturated heterocycles. The molecule has 2 rings (SSSR count). The predicted octanol–water partition coefficient (Wildman–Crippen LogP) is 2.36. The van der Waals surface area contributed by atoms with E-state index in [0.717, 1.165) is 12.5 Å². The number of Topliss-reactive ketones (excluding diaryl/α,β-unsaturated/α-hetero) is 1. The summed E-state index contributed by atoms with van der Waals surface area (Å²) in [5, 5.41) is 21.8. The number of ketones is 1. The number of nitrogens with zero attached hydrogens (tertiary/aromatic N) is 1. The van der Waals surface area contributed by atoms with Crippen LogP contribution < -0.4 is 0 Å².